The second kappa shape index (κ2) is 7.11. The normalized spacial score (nSPS) is 13.8. The Morgan fingerprint density at radius 1 is 1.05 bits per heavy atom. The summed E-state index contributed by atoms with van der Waals surface area (Å²) in [6, 6.07) is 18.4. The molecule has 20 heavy (non-hydrogen) atoms. The highest BCUT2D eigenvalue weighted by atomic mass is 16.5. The van der Waals surface area contributed by atoms with Crippen LogP contribution in [-0.2, 0) is 6.61 Å². The van der Waals surface area contributed by atoms with Gasteiger partial charge in [0, 0.05) is 6.04 Å². The summed E-state index contributed by atoms with van der Waals surface area (Å²) in [7, 11) is 0. The summed E-state index contributed by atoms with van der Waals surface area (Å²) < 4.78 is 5.84. The third-order valence-electron chi connectivity index (χ3n) is 3.75. The topological polar surface area (TPSA) is 35.2 Å². The molecule has 0 radical (unpaired) electrons. The first-order chi connectivity index (χ1) is 9.70. The first-order valence-electron chi connectivity index (χ1n) is 7.23. The molecule has 106 valence electrons. The minimum atomic E-state index is 0.0697. The van der Waals surface area contributed by atoms with Gasteiger partial charge in [0.15, 0.2) is 0 Å². The fourth-order valence-corrected chi connectivity index (χ4v) is 2.14. The van der Waals surface area contributed by atoms with Gasteiger partial charge in [-0.25, -0.2) is 0 Å². The Balaban J connectivity index is 2.03. The third-order valence-corrected chi connectivity index (χ3v) is 3.75. The van der Waals surface area contributed by atoms with Gasteiger partial charge in [-0.15, -0.1) is 0 Å². The van der Waals surface area contributed by atoms with E-state index in [0.29, 0.717) is 12.5 Å². The van der Waals surface area contributed by atoms with Gasteiger partial charge < -0.3 is 10.5 Å². The number of hydrogen-bond donors (Lipinski definition) is 1. The van der Waals surface area contributed by atoms with E-state index in [1.807, 2.05) is 30.3 Å². The van der Waals surface area contributed by atoms with Gasteiger partial charge >= 0.3 is 0 Å². The smallest absolute Gasteiger partial charge is 0.120 e. The minimum Gasteiger partial charge on any atom is -0.489 e. The molecule has 0 saturated heterocycles. The fraction of sp³-hybridized carbons (Fsp3) is 0.333. The van der Waals surface area contributed by atoms with Crippen molar-refractivity contribution >= 4 is 0 Å². The predicted molar refractivity (Wildman–Crippen MR) is 83.6 cm³/mol. The van der Waals surface area contributed by atoms with Crippen LogP contribution in [0.2, 0.25) is 0 Å². The van der Waals surface area contributed by atoms with E-state index >= 15 is 0 Å². The molecule has 1 unspecified atom stereocenters. The lowest BCUT2D eigenvalue weighted by Gasteiger charge is -2.19. The highest BCUT2D eigenvalue weighted by Gasteiger charge is 2.13. The van der Waals surface area contributed by atoms with E-state index in [2.05, 4.69) is 38.1 Å². The molecule has 0 saturated carbocycles. The van der Waals surface area contributed by atoms with Gasteiger partial charge in [0.2, 0.25) is 0 Å². The molecule has 0 fully saturated rings. The van der Waals surface area contributed by atoms with Crippen LogP contribution in [0.3, 0.4) is 0 Å². The second-order valence-electron chi connectivity index (χ2n) is 5.26. The Morgan fingerprint density at radius 2 is 1.80 bits per heavy atom. The Hall–Kier alpha value is -1.80. The quantitative estimate of drug-likeness (QED) is 0.848. The van der Waals surface area contributed by atoms with Crippen LogP contribution in [0.15, 0.2) is 54.6 Å². The maximum atomic E-state index is 6.27. The van der Waals surface area contributed by atoms with Crippen molar-refractivity contribution in [2.75, 3.05) is 0 Å². The monoisotopic (exact) mass is 269 g/mol. The number of nitrogens with two attached hydrogens (primary N) is 1. The molecule has 0 aromatic heterocycles. The van der Waals surface area contributed by atoms with Crippen LogP contribution in [0.4, 0.5) is 0 Å². The molecule has 2 rings (SSSR count). The molecule has 2 N–H and O–H groups in total. The summed E-state index contributed by atoms with van der Waals surface area (Å²) in [4.78, 5) is 0. The highest BCUT2D eigenvalue weighted by Crippen LogP contribution is 2.25. The summed E-state index contributed by atoms with van der Waals surface area (Å²) in [5, 5.41) is 0. The van der Waals surface area contributed by atoms with Gasteiger partial charge in [-0.2, -0.15) is 0 Å². The van der Waals surface area contributed by atoms with Crippen molar-refractivity contribution in [2.24, 2.45) is 11.7 Å². The Morgan fingerprint density at radius 3 is 2.50 bits per heavy atom. The third kappa shape index (κ3) is 3.84. The molecule has 0 amide bonds. The Labute approximate surface area is 121 Å². The van der Waals surface area contributed by atoms with Gasteiger partial charge in [0.1, 0.15) is 12.4 Å². The zero-order chi connectivity index (χ0) is 14.4. The first kappa shape index (κ1) is 14.6. The zero-order valence-corrected chi connectivity index (χ0v) is 12.3. The van der Waals surface area contributed by atoms with E-state index in [1.54, 1.807) is 0 Å². The van der Waals surface area contributed by atoms with Crippen molar-refractivity contribution < 1.29 is 4.74 Å². The van der Waals surface area contributed by atoms with Gasteiger partial charge in [-0.05, 0) is 29.2 Å². The van der Waals surface area contributed by atoms with Gasteiger partial charge in [0.05, 0.1) is 0 Å². The van der Waals surface area contributed by atoms with Crippen LogP contribution in [-0.4, -0.2) is 0 Å². The number of benzene rings is 2. The molecule has 0 heterocycles. The second-order valence-corrected chi connectivity index (χ2v) is 5.26. The molecular weight excluding hydrogens is 246 g/mol. The van der Waals surface area contributed by atoms with Crippen LogP contribution < -0.4 is 10.5 Å². The summed E-state index contributed by atoms with van der Waals surface area (Å²) >= 11 is 0. The Kier molecular flexibility index (Phi) is 5.19. The van der Waals surface area contributed by atoms with Crippen molar-refractivity contribution in [1.82, 2.24) is 0 Å². The van der Waals surface area contributed by atoms with Gasteiger partial charge in [-0.3, -0.25) is 0 Å². The number of rotatable bonds is 6. The maximum absolute atomic E-state index is 6.27. The molecule has 0 aliphatic carbocycles. The molecule has 0 aliphatic heterocycles. The maximum Gasteiger partial charge on any atom is 0.120 e. The van der Waals surface area contributed by atoms with Crippen molar-refractivity contribution in [3.63, 3.8) is 0 Å². The van der Waals surface area contributed by atoms with Crippen LogP contribution in [0.1, 0.15) is 37.4 Å². The minimum absolute atomic E-state index is 0.0697. The number of ether oxygens (including phenoxy) is 1. The van der Waals surface area contributed by atoms with Crippen LogP contribution in [0, 0.1) is 5.92 Å². The fourth-order valence-electron chi connectivity index (χ4n) is 2.14. The average molecular weight is 269 g/mol. The van der Waals surface area contributed by atoms with E-state index in [4.69, 9.17) is 10.5 Å². The van der Waals surface area contributed by atoms with Crippen molar-refractivity contribution in [1.29, 1.82) is 0 Å². The molecule has 0 aliphatic rings. The molecule has 2 nitrogen and oxygen atoms in total. The Bertz CT molecular complexity index is 524. The molecule has 2 atom stereocenters. The van der Waals surface area contributed by atoms with E-state index in [-0.39, 0.29) is 6.04 Å². The average Bonchev–Trinajstić information content (AvgIpc) is 2.52. The van der Waals surface area contributed by atoms with E-state index < -0.39 is 0 Å². The van der Waals surface area contributed by atoms with Crippen LogP contribution in [0.25, 0.3) is 0 Å². The summed E-state index contributed by atoms with van der Waals surface area (Å²) in [5.74, 6) is 1.35. The van der Waals surface area contributed by atoms with E-state index in [1.165, 1.54) is 5.56 Å². The van der Waals surface area contributed by atoms with Crippen LogP contribution in [0.5, 0.6) is 5.75 Å². The SMILES string of the molecule is CCC(C)[C@H](N)c1cccc(OCc2ccccc2)c1. The van der Waals surface area contributed by atoms with Gasteiger partial charge in [-0.1, -0.05) is 62.7 Å². The van der Waals surface area contributed by atoms with E-state index in [9.17, 15) is 0 Å². The van der Waals surface area contributed by atoms with Crippen molar-refractivity contribution in [3.8, 4) is 5.75 Å². The summed E-state index contributed by atoms with van der Waals surface area (Å²) in [6.07, 6.45) is 1.08. The summed E-state index contributed by atoms with van der Waals surface area (Å²) in [5.41, 5.74) is 8.58. The van der Waals surface area contributed by atoms with Gasteiger partial charge in [0.25, 0.3) is 0 Å². The summed E-state index contributed by atoms with van der Waals surface area (Å²) in [6.45, 7) is 4.94. The standard InChI is InChI=1S/C18H23NO/c1-3-14(2)18(19)16-10-7-11-17(12-16)20-13-15-8-5-4-6-9-15/h4-12,14,18H,3,13,19H2,1-2H3/t14?,18-/m0/s1. The predicted octanol–water partition coefficient (Wildman–Crippen LogP) is 4.31. The lowest BCUT2D eigenvalue weighted by Crippen LogP contribution is -2.18. The van der Waals surface area contributed by atoms with Crippen molar-refractivity contribution in [3.05, 3.63) is 65.7 Å². The van der Waals surface area contributed by atoms with E-state index in [0.717, 1.165) is 17.7 Å². The zero-order valence-electron chi connectivity index (χ0n) is 12.3. The lowest BCUT2D eigenvalue weighted by atomic mass is 9.93. The molecule has 0 bridgehead atoms. The molecule has 0 spiro atoms. The lowest BCUT2D eigenvalue weighted by molar-refractivity contribution is 0.305. The molecule has 2 heteroatoms. The molecule has 2 aromatic rings. The highest BCUT2D eigenvalue weighted by molar-refractivity contribution is 5.31. The molecule has 2 aromatic carbocycles. The van der Waals surface area contributed by atoms with Crippen molar-refractivity contribution in [2.45, 2.75) is 32.9 Å². The number of hydrogen-bond acceptors (Lipinski definition) is 2. The first-order valence-corrected chi connectivity index (χ1v) is 7.23. The largest absolute Gasteiger partial charge is 0.489 e. The van der Waals surface area contributed by atoms with Crippen LogP contribution >= 0.6 is 0 Å². The molecular formula is C18H23NO.